The molecular weight excluding hydrogens is 413 g/mol. The number of nitrogens with zero attached hydrogens (tertiary/aromatic N) is 2. The second kappa shape index (κ2) is 10.0. The Morgan fingerprint density at radius 1 is 0.667 bits per heavy atom. The van der Waals surface area contributed by atoms with Gasteiger partial charge in [0.15, 0.2) is 0 Å². The zero-order valence-corrected chi connectivity index (χ0v) is 23.9. The minimum absolute atomic E-state index is 1.00. The van der Waals surface area contributed by atoms with Gasteiger partial charge in [-0.15, -0.1) is 4.42 Å². The van der Waals surface area contributed by atoms with Gasteiger partial charge in [0.25, 0.3) is 0 Å². The number of rotatable bonds is 8. The lowest BCUT2D eigenvalue weighted by molar-refractivity contribution is 0.398. The average Bonchev–Trinajstić information content (AvgIpc) is 2.58. The van der Waals surface area contributed by atoms with E-state index in [1.54, 1.807) is 10.4 Å². The smallest absolute Gasteiger partial charge is 0.0723 e. The highest BCUT2D eigenvalue weighted by atomic mass is 28.4. The topological polar surface area (TPSA) is 6.48 Å². The van der Waals surface area contributed by atoms with Gasteiger partial charge in [-0.3, -0.25) is 0 Å². The Kier molecular flexibility index (Phi) is 8.38. The molecule has 0 atom stereocenters. The summed E-state index contributed by atoms with van der Waals surface area (Å²) in [7, 11) is 4.80. The maximum Gasteiger partial charge on any atom is 0.0723 e. The molecule has 2 nitrogen and oxygen atoms in total. The van der Waals surface area contributed by atoms with Crippen LogP contribution >= 0.6 is 0 Å². The zero-order valence-electron chi connectivity index (χ0n) is 20.9. The van der Waals surface area contributed by atoms with Crippen LogP contribution in [0.4, 0.5) is 0 Å². The highest BCUT2D eigenvalue weighted by Gasteiger charge is 2.35. The standard InChI is InChI=1S/C25H42N2Si3/c1-26(2)19-21-15-14-16-22(20-27(3)4)24(21)28(23-17-12-11-13-18-23)25(29(5,6)7)30(8,9)10/h11-18H,19-20H2,1-10H3. The van der Waals surface area contributed by atoms with Crippen molar-refractivity contribution < 1.29 is 0 Å². The summed E-state index contributed by atoms with van der Waals surface area (Å²) in [6.45, 7) is 17.5. The molecule has 30 heavy (non-hydrogen) atoms. The molecule has 0 saturated heterocycles. The van der Waals surface area contributed by atoms with Crippen LogP contribution in [0.1, 0.15) is 11.1 Å². The highest BCUT2D eigenvalue weighted by Crippen LogP contribution is 2.18. The number of hydrogen-bond donors (Lipinski definition) is 0. The second-order valence-corrected chi connectivity index (χ2v) is 24.9. The van der Waals surface area contributed by atoms with Gasteiger partial charge >= 0.3 is 0 Å². The summed E-state index contributed by atoms with van der Waals surface area (Å²) in [5.74, 6) is 0. The van der Waals surface area contributed by atoms with Crippen molar-refractivity contribution in [2.24, 2.45) is 0 Å². The molecule has 0 aliphatic carbocycles. The number of benzene rings is 2. The summed E-state index contributed by atoms with van der Waals surface area (Å²) in [5, 5.41) is 3.23. The first-order valence-electron chi connectivity index (χ1n) is 11.0. The monoisotopic (exact) mass is 454 g/mol. The fourth-order valence-corrected chi connectivity index (χ4v) is 23.7. The van der Waals surface area contributed by atoms with Crippen LogP contribution in [0.3, 0.4) is 0 Å². The van der Waals surface area contributed by atoms with E-state index >= 15 is 0 Å². The van der Waals surface area contributed by atoms with E-state index in [2.05, 4.69) is 126 Å². The van der Waals surface area contributed by atoms with E-state index < -0.39 is 24.6 Å². The van der Waals surface area contributed by atoms with E-state index in [0.717, 1.165) is 13.1 Å². The Morgan fingerprint density at radius 2 is 1.10 bits per heavy atom. The molecule has 0 bridgehead atoms. The van der Waals surface area contributed by atoms with Gasteiger partial charge in [-0.1, -0.05) is 87.8 Å². The van der Waals surface area contributed by atoms with Gasteiger partial charge in [0.2, 0.25) is 0 Å². The maximum atomic E-state index is 2.58. The van der Waals surface area contributed by atoms with Crippen molar-refractivity contribution in [3.8, 4) is 0 Å². The first-order chi connectivity index (χ1) is 13.8. The van der Waals surface area contributed by atoms with Crippen molar-refractivity contribution in [2.45, 2.75) is 52.4 Å². The van der Waals surface area contributed by atoms with Crippen molar-refractivity contribution in [1.82, 2.24) is 9.80 Å². The quantitative estimate of drug-likeness (QED) is 0.558. The molecule has 5 heteroatoms. The van der Waals surface area contributed by atoms with Crippen molar-refractivity contribution in [1.29, 1.82) is 0 Å². The molecule has 0 radical (unpaired) electrons. The molecule has 0 aromatic heterocycles. The van der Waals surface area contributed by atoms with Gasteiger partial charge in [-0.2, -0.15) is 0 Å². The summed E-state index contributed by atoms with van der Waals surface area (Å²) in [5.41, 5.74) is 3.04. The van der Waals surface area contributed by atoms with Crippen LogP contribution in [0, 0.1) is 0 Å². The number of hydrogen-bond acceptors (Lipinski definition) is 2. The third-order valence-electron chi connectivity index (χ3n) is 5.27. The van der Waals surface area contributed by atoms with Gasteiger partial charge in [-0.25, -0.2) is 0 Å². The van der Waals surface area contributed by atoms with Crippen LogP contribution in [-0.2, 0) is 13.1 Å². The van der Waals surface area contributed by atoms with Gasteiger partial charge < -0.3 is 9.80 Å². The SMILES string of the molecule is CN(C)Cc1cccc(CN(C)C)c1[Si](=C([Si](C)(C)C)[Si](C)(C)C)c1ccccc1. The molecular formula is C25H42N2Si3. The Balaban J connectivity index is 3.05. The van der Waals surface area contributed by atoms with Crippen molar-refractivity contribution in [3.63, 3.8) is 0 Å². The summed E-state index contributed by atoms with van der Waals surface area (Å²) in [4.78, 5) is 4.65. The first kappa shape index (κ1) is 25.1. The third-order valence-corrected chi connectivity index (χ3v) is 21.3. The summed E-state index contributed by atoms with van der Waals surface area (Å²) in [6.07, 6.45) is 0. The van der Waals surface area contributed by atoms with Gasteiger partial charge in [0.1, 0.15) is 0 Å². The molecule has 164 valence electrons. The lowest BCUT2D eigenvalue weighted by atomic mass is 10.1. The van der Waals surface area contributed by atoms with Crippen molar-refractivity contribution in [2.75, 3.05) is 28.2 Å². The molecule has 0 aliphatic rings. The van der Waals surface area contributed by atoms with E-state index in [1.165, 1.54) is 11.1 Å². The van der Waals surface area contributed by atoms with Gasteiger partial charge in [0.05, 0.1) is 24.6 Å². The molecule has 0 aliphatic heterocycles. The predicted octanol–water partition coefficient (Wildman–Crippen LogP) is 3.93. The molecule has 0 spiro atoms. The fourth-order valence-electron chi connectivity index (χ4n) is 4.81. The summed E-state index contributed by atoms with van der Waals surface area (Å²) < 4.78 is 1.97. The van der Waals surface area contributed by atoms with Crippen LogP contribution < -0.4 is 10.4 Å². The molecule has 0 amide bonds. The lowest BCUT2D eigenvalue weighted by Gasteiger charge is -2.36. The van der Waals surface area contributed by atoms with Gasteiger partial charge in [-0.05, 0) is 49.7 Å². The molecule has 0 N–H and O–H groups in total. The molecule has 2 aromatic carbocycles. The summed E-state index contributed by atoms with van der Waals surface area (Å²) in [6, 6.07) is 18.5. The Hall–Kier alpha value is -1.12. The summed E-state index contributed by atoms with van der Waals surface area (Å²) >= 11 is 0. The van der Waals surface area contributed by atoms with E-state index in [0.29, 0.717) is 0 Å². The second-order valence-electron chi connectivity index (χ2n) is 11.0. The molecule has 2 rings (SSSR count). The normalized spacial score (nSPS) is 12.5. The minimum Gasteiger partial charge on any atom is -0.305 e. The van der Waals surface area contributed by atoms with Crippen LogP contribution in [0.15, 0.2) is 48.5 Å². The Labute approximate surface area is 189 Å². The largest absolute Gasteiger partial charge is 0.305 e. The fraction of sp³-hybridized carbons (Fsp3) is 0.480. The lowest BCUT2D eigenvalue weighted by Crippen LogP contribution is -2.60. The predicted molar refractivity (Wildman–Crippen MR) is 144 cm³/mol. The highest BCUT2D eigenvalue weighted by molar-refractivity contribution is 7.43. The van der Waals surface area contributed by atoms with Gasteiger partial charge in [0, 0.05) is 13.1 Å². The minimum atomic E-state index is -1.48. The van der Waals surface area contributed by atoms with Crippen LogP contribution in [-0.4, -0.2) is 67.0 Å². The average molecular weight is 455 g/mol. The first-order valence-corrected chi connectivity index (χ1v) is 19.5. The van der Waals surface area contributed by atoms with E-state index in [9.17, 15) is 0 Å². The maximum absolute atomic E-state index is 2.58. The molecule has 0 unspecified atom stereocenters. The van der Waals surface area contributed by atoms with E-state index in [-0.39, 0.29) is 0 Å². The van der Waals surface area contributed by atoms with Crippen molar-refractivity contribution >= 4 is 39.3 Å². The van der Waals surface area contributed by atoms with E-state index in [4.69, 9.17) is 0 Å². The molecule has 0 saturated carbocycles. The third kappa shape index (κ3) is 6.44. The Morgan fingerprint density at radius 3 is 1.47 bits per heavy atom. The Bertz CT molecular complexity index is 829. The zero-order chi connectivity index (χ0) is 22.7. The van der Waals surface area contributed by atoms with Crippen LogP contribution in [0.2, 0.25) is 39.3 Å². The van der Waals surface area contributed by atoms with Crippen LogP contribution in [0.25, 0.3) is 0 Å². The molecule has 0 fully saturated rings. The van der Waals surface area contributed by atoms with E-state index in [1.807, 2.05) is 4.42 Å². The molecule has 2 aromatic rings. The molecule has 0 heterocycles. The van der Waals surface area contributed by atoms with Crippen LogP contribution in [0.5, 0.6) is 0 Å². The van der Waals surface area contributed by atoms with Crippen molar-refractivity contribution in [3.05, 3.63) is 59.7 Å².